The van der Waals surface area contributed by atoms with Crippen molar-refractivity contribution in [3.8, 4) is 0 Å². The number of carbonyl (C=O) groups is 1. The number of amides is 1. The zero-order valence-electron chi connectivity index (χ0n) is 10.2. The molecule has 0 radical (unpaired) electrons. The summed E-state index contributed by atoms with van der Waals surface area (Å²) in [5.41, 5.74) is 4.29. The predicted molar refractivity (Wildman–Crippen MR) is 66.6 cm³/mol. The second kappa shape index (κ2) is 3.81. The van der Waals surface area contributed by atoms with Crippen molar-refractivity contribution in [2.45, 2.75) is 31.6 Å². The van der Waals surface area contributed by atoms with Crippen molar-refractivity contribution in [3.05, 3.63) is 29.7 Å². The molecule has 1 aliphatic rings. The Hall–Kier alpha value is -1.88. The molecule has 0 unspecified atom stereocenters. The van der Waals surface area contributed by atoms with Crippen molar-refractivity contribution in [2.24, 2.45) is 5.84 Å². The molecule has 3 rings (SSSR count). The van der Waals surface area contributed by atoms with Crippen molar-refractivity contribution in [1.29, 1.82) is 0 Å². The van der Waals surface area contributed by atoms with E-state index < -0.39 is 5.41 Å². The maximum Gasteiger partial charge on any atom is 0.244 e. The average Bonchev–Trinajstić information content (AvgIpc) is 2.66. The summed E-state index contributed by atoms with van der Waals surface area (Å²) in [5.74, 6) is 5.80. The van der Waals surface area contributed by atoms with Crippen LogP contribution < -0.4 is 11.3 Å². The van der Waals surface area contributed by atoms with Gasteiger partial charge >= 0.3 is 0 Å². The van der Waals surface area contributed by atoms with Crippen LogP contribution in [0.25, 0.3) is 11.1 Å². The lowest BCUT2D eigenvalue weighted by Crippen LogP contribution is -2.51. The van der Waals surface area contributed by atoms with Gasteiger partial charge in [0, 0.05) is 6.92 Å². The summed E-state index contributed by atoms with van der Waals surface area (Å²) in [6.07, 6.45) is 2.70. The Balaban J connectivity index is 2.10. The number of hydrogen-bond donors (Lipinski definition) is 2. The normalized spacial score (nSPS) is 17.4. The summed E-state index contributed by atoms with van der Waals surface area (Å²) >= 11 is 0. The predicted octanol–water partition coefficient (Wildman–Crippen LogP) is 1.55. The van der Waals surface area contributed by atoms with Gasteiger partial charge in [-0.3, -0.25) is 10.2 Å². The lowest BCUT2D eigenvalue weighted by atomic mass is 9.64. The summed E-state index contributed by atoms with van der Waals surface area (Å²) < 4.78 is 5.51. The number of oxazole rings is 1. The fourth-order valence-corrected chi connectivity index (χ4v) is 2.65. The molecule has 94 valence electrons. The first-order valence-corrected chi connectivity index (χ1v) is 6.04. The Bertz CT molecular complexity index is 614. The van der Waals surface area contributed by atoms with Gasteiger partial charge in [0.15, 0.2) is 11.5 Å². The lowest BCUT2D eigenvalue weighted by molar-refractivity contribution is -0.130. The van der Waals surface area contributed by atoms with Gasteiger partial charge in [-0.25, -0.2) is 10.8 Å². The average molecular weight is 245 g/mol. The molecule has 3 N–H and O–H groups in total. The number of fused-ring (bicyclic) bond motifs is 1. The van der Waals surface area contributed by atoms with Crippen LogP contribution in [0.1, 0.15) is 30.7 Å². The number of carbonyl (C=O) groups excluding carboxylic acids is 1. The number of benzene rings is 1. The number of rotatable bonds is 2. The van der Waals surface area contributed by atoms with Gasteiger partial charge < -0.3 is 4.42 Å². The van der Waals surface area contributed by atoms with Crippen LogP contribution in [0.4, 0.5) is 0 Å². The van der Waals surface area contributed by atoms with Gasteiger partial charge in [0.1, 0.15) is 5.52 Å². The third-order valence-electron chi connectivity index (χ3n) is 3.82. The molecular weight excluding hydrogens is 230 g/mol. The topological polar surface area (TPSA) is 81.2 Å². The monoisotopic (exact) mass is 245 g/mol. The highest BCUT2D eigenvalue weighted by Gasteiger charge is 2.45. The summed E-state index contributed by atoms with van der Waals surface area (Å²) in [7, 11) is 0. The number of aryl methyl sites for hydroxylation is 1. The van der Waals surface area contributed by atoms with Gasteiger partial charge in [-0.2, -0.15) is 0 Å². The molecule has 5 heteroatoms. The Morgan fingerprint density at radius 1 is 1.50 bits per heavy atom. The van der Waals surface area contributed by atoms with E-state index in [-0.39, 0.29) is 5.91 Å². The summed E-state index contributed by atoms with van der Waals surface area (Å²) in [5, 5.41) is 0. The van der Waals surface area contributed by atoms with E-state index in [1.807, 2.05) is 25.1 Å². The van der Waals surface area contributed by atoms with E-state index in [1.54, 1.807) is 0 Å². The smallest absolute Gasteiger partial charge is 0.244 e. The number of hydrazine groups is 1. The number of aromatic nitrogens is 1. The Morgan fingerprint density at radius 2 is 2.28 bits per heavy atom. The third-order valence-corrected chi connectivity index (χ3v) is 3.82. The standard InChI is InChI=1S/C13H15N3O2/c1-8-15-10-4-3-9(7-11(10)18-8)13(5-2-6-13)12(17)16-14/h3-4,7H,2,5-6,14H2,1H3,(H,16,17). The molecule has 0 atom stereocenters. The molecule has 1 fully saturated rings. The molecule has 0 spiro atoms. The van der Waals surface area contributed by atoms with E-state index in [1.165, 1.54) is 0 Å². The molecular formula is C13H15N3O2. The van der Waals surface area contributed by atoms with E-state index in [0.717, 1.165) is 35.9 Å². The highest BCUT2D eigenvalue weighted by atomic mass is 16.3. The van der Waals surface area contributed by atoms with E-state index in [4.69, 9.17) is 10.3 Å². The molecule has 1 aromatic carbocycles. The second-order valence-electron chi connectivity index (χ2n) is 4.82. The van der Waals surface area contributed by atoms with Gasteiger partial charge in [-0.05, 0) is 30.5 Å². The highest BCUT2D eigenvalue weighted by molar-refractivity contribution is 5.90. The Kier molecular flexibility index (Phi) is 2.38. The van der Waals surface area contributed by atoms with Crippen LogP contribution >= 0.6 is 0 Å². The first kappa shape index (κ1) is 11.2. The quantitative estimate of drug-likeness (QED) is 0.478. The highest BCUT2D eigenvalue weighted by Crippen LogP contribution is 2.44. The Labute approximate surface area is 104 Å². The molecule has 0 bridgehead atoms. The van der Waals surface area contributed by atoms with E-state index in [2.05, 4.69) is 10.4 Å². The molecule has 1 amide bonds. The molecule has 2 aromatic rings. The molecule has 1 saturated carbocycles. The molecule has 1 aliphatic carbocycles. The summed E-state index contributed by atoms with van der Waals surface area (Å²) in [4.78, 5) is 16.2. The third kappa shape index (κ3) is 1.44. The van der Waals surface area contributed by atoms with Gasteiger partial charge in [0.2, 0.25) is 5.91 Å². The molecule has 0 saturated heterocycles. The van der Waals surface area contributed by atoms with E-state index in [9.17, 15) is 4.79 Å². The van der Waals surface area contributed by atoms with Crippen LogP contribution in [0, 0.1) is 6.92 Å². The van der Waals surface area contributed by atoms with Gasteiger partial charge in [0.05, 0.1) is 5.41 Å². The maximum absolute atomic E-state index is 12.0. The molecule has 1 heterocycles. The molecule has 1 aromatic heterocycles. The molecule has 18 heavy (non-hydrogen) atoms. The van der Waals surface area contributed by atoms with Crippen molar-refractivity contribution in [2.75, 3.05) is 0 Å². The van der Waals surface area contributed by atoms with Gasteiger partial charge in [-0.15, -0.1) is 0 Å². The second-order valence-corrected chi connectivity index (χ2v) is 4.82. The first-order chi connectivity index (χ1) is 8.65. The summed E-state index contributed by atoms with van der Waals surface area (Å²) in [6.45, 7) is 1.81. The van der Waals surface area contributed by atoms with Crippen LogP contribution in [0.5, 0.6) is 0 Å². The lowest BCUT2D eigenvalue weighted by Gasteiger charge is -2.40. The van der Waals surface area contributed by atoms with Crippen molar-refractivity contribution >= 4 is 17.0 Å². The fourth-order valence-electron chi connectivity index (χ4n) is 2.65. The molecule has 0 aliphatic heterocycles. The minimum atomic E-state index is -0.483. The zero-order chi connectivity index (χ0) is 12.8. The van der Waals surface area contributed by atoms with Crippen molar-refractivity contribution in [3.63, 3.8) is 0 Å². The minimum absolute atomic E-state index is 0.121. The summed E-state index contributed by atoms with van der Waals surface area (Å²) in [6, 6.07) is 5.74. The SMILES string of the molecule is Cc1nc2ccc(C3(C(=O)NN)CCC3)cc2o1. The van der Waals surface area contributed by atoms with Crippen LogP contribution in [-0.4, -0.2) is 10.9 Å². The van der Waals surface area contributed by atoms with Crippen molar-refractivity contribution < 1.29 is 9.21 Å². The van der Waals surface area contributed by atoms with Gasteiger partial charge in [-0.1, -0.05) is 12.5 Å². The minimum Gasteiger partial charge on any atom is -0.441 e. The Morgan fingerprint density at radius 3 is 2.89 bits per heavy atom. The van der Waals surface area contributed by atoms with E-state index >= 15 is 0 Å². The van der Waals surface area contributed by atoms with E-state index in [0.29, 0.717) is 5.89 Å². The van der Waals surface area contributed by atoms with Crippen LogP contribution in [-0.2, 0) is 10.2 Å². The number of nitrogens with zero attached hydrogens (tertiary/aromatic N) is 1. The number of hydrogen-bond acceptors (Lipinski definition) is 4. The number of nitrogens with one attached hydrogen (secondary N) is 1. The zero-order valence-corrected chi connectivity index (χ0v) is 10.2. The van der Waals surface area contributed by atoms with Crippen LogP contribution in [0.3, 0.4) is 0 Å². The van der Waals surface area contributed by atoms with Crippen LogP contribution in [0.15, 0.2) is 22.6 Å². The number of nitrogens with two attached hydrogens (primary N) is 1. The van der Waals surface area contributed by atoms with Gasteiger partial charge in [0.25, 0.3) is 0 Å². The van der Waals surface area contributed by atoms with Crippen LogP contribution in [0.2, 0.25) is 0 Å². The first-order valence-electron chi connectivity index (χ1n) is 6.04. The largest absolute Gasteiger partial charge is 0.441 e. The molecule has 5 nitrogen and oxygen atoms in total. The fraction of sp³-hybridized carbons (Fsp3) is 0.385. The van der Waals surface area contributed by atoms with Crippen molar-refractivity contribution in [1.82, 2.24) is 10.4 Å². The maximum atomic E-state index is 12.0.